The van der Waals surface area contributed by atoms with E-state index < -0.39 is 26.1 Å². The van der Waals surface area contributed by atoms with Crippen LogP contribution in [0.4, 0.5) is 23.2 Å². The molecule has 1 amide bonds. The second-order valence-corrected chi connectivity index (χ2v) is 8.11. The molecule has 2 aromatic carbocycles. The fourth-order valence-electron chi connectivity index (χ4n) is 3.00. The van der Waals surface area contributed by atoms with E-state index in [1.807, 2.05) is 0 Å². The van der Waals surface area contributed by atoms with E-state index in [1.54, 1.807) is 0 Å². The molecule has 0 spiro atoms. The lowest BCUT2D eigenvalue weighted by molar-refractivity contribution is -0.0435. The Hall–Kier alpha value is -2.62. The minimum Gasteiger partial charge on any atom is -0.367 e. The van der Waals surface area contributed by atoms with Crippen molar-refractivity contribution in [2.45, 2.75) is 10.4 Å². The van der Waals surface area contributed by atoms with Crippen LogP contribution in [0.1, 0.15) is 10.4 Å². The van der Waals surface area contributed by atoms with Crippen molar-refractivity contribution in [1.29, 1.82) is 0 Å². The topological polar surface area (TPSA) is 57.7 Å². The van der Waals surface area contributed by atoms with Crippen molar-refractivity contribution in [1.82, 2.24) is 4.90 Å². The van der Waals surface area contributed by atoms with E-state index in [1.165, 1.54) is 52.3 Å². The molecule has 2 aromatic rings. The second kappa shape index (κ2) is 7.42. The molecule has 10 heteroatoms. The monoisotopic (exact) mass is 416 g/mol. The van der Waals surface area contributed by atoms with Crippen molar-refractivity contribution >= 4 is 21.4 Å². The number of benzene rings is 2. The number of anilines is 1. The lowest BCUT2D eigenvalue weighted by Crippen LogP contribution is -2.49. The Bertz CT molecular complexity index is 967. The third-order valence-electron chi connectivity index (χ3n) is 4.46. The maximum Gasteiger partial charge on any atom is 0.501 e. The van der Waals surface area contributed by atoms with Crippen LogP contribution in [0.3, 0.4) is 0 Å². The molecule has 0 saturated carbocycles. The number of para-hydroxylation sites is 1. The number of piperazine rings is 1. The average Bonchev–Trinajstić information content (AvgIpc) is 2.67. The quantitative estimate of drug-likeness (QED) is 0.722. The number of carbonyl (C=O) groups excluding carboxylic acids is 1. The molecule has 1 aliphatic heterocycles. The van der Waals surface area contributed by atoms with E-state index in [0.717, 1.165) is 6.07 Å². The average molecular weight is 416 g/mol. The summed E-state index contributed by atoms with van der Waals surface area (Å²) in [6.45, 7) is 0.710. The Morgan fingerprint density at radius 3 is 2.04 bits per heavy atom. The van der Waals surface area contributed by atoms with Crippen LogP contribution in [0.25, 0.3) is 0 Å². The third-order valence-corrected chi connectivity index (χ3v) is 5.99. The molecule has 0 N–H and O–H groups in total. The Morgan fingerprint density at radius 1 is 0.893 bits per heavy atom. The zero-order chi connectivity index (χ0) is 20.5. The summed E-state index contributed by atoms with van der Waals surface area (Å²) in [5.74, 6) is -0.792. The molecular weight excluding hydrogens is 400 g/mol. The van der Waals surface area contributed by atoms with Gasteiger partial charge in [-0.15, -0.1) is 0 Å². The van der Waals surface area contributed by atoms with Gasteiger partial charge in [0.25, 0.3) is 15.7 Å². The van der Waals surface area contributed by atoms with Crippen molar-refractivity contribution in [3.8, 4) is 0 Å². The highest BCUT2D eigenvalue weighted by atomic mass is 32.2. The molecule has 0 aliphatic carbocycles. The molecule has 1 heterocycles. The summed E-state index contributed by atoms with van der Waals surface area (Å²) < 4.78 is 75.6. The standard InChI is InChI=1S/C18H16F4N2O3S/c19-14-7-5-13(6-8-14)17(25)24-11-9-23(10-12-24)15-3-1-2-4-16(15)28(26,27)18(20,21)22/h1-8H,9-12H2. The first kappa shape index (κ1) is 20.1. The second-order valence-electron chi connectivity index (χ2n) is 6.20. The SMILES string of the molecule is O=C(c1ccc(F)cc1)N1CCN(c2ccccc2S(=O)(=O)C(F)(F)F)CC1. The first-order valence-electron chi connectivity index (χ1n) is 8.31. The number of halogens is 4. The van der Waals surface area contributed by atoms with Gasteiger partial charge >= 0.3 is 5.51 Å². The molecule has 1 aliphatic rings. The predicted octanol–water partition coefficient (Wildman–Crippen LogP) is 3.08. The summed E-state index contributed by atoms with van der Waals surface area (Å²) in [6.07, 6.45) is 0. The molecule has 1 saturated heterocycles. The van der Waals surface area contributed by atoms with Crippen LogP contribution < -0.4 is 4.90 Å². The zero-order valence-corrected chi connectivity index (χ0v) is 15.3. The highest BCUT2D eigenvalue weighted by Crippen LogP contribution is 2.36. The summed E-state index contributed by atoms with van der Waals surface area (Å²) in [5.41, 5.74) is -5.15. The highest BCUT2D eigenvalue weighted by molar-refractivity contribution is 7.92. The fraction of sp³-hybridized carbons (Fsp3) is 0.278. The van der Waals surface area contributed by atoms with Crippen LogP contribution in [0.5, 0.6) is 0 Å². The number of nitrogens with zero attached hydrogens (tertiary/aromatic N) is 2. The molecule has 0 radical (unpaired) electrons. The Morgan fingerprint density at radius 2 is 1.46 bits per heavy atom. The van der Waals surface area contributed by atoms with Gasteiger partial charge in [0.1, 0.15) is 5.82 Å². The maximum atomic E-state index is 13.0. The van der Waals surface area contributed by atoms with Crippen molar-refractivity contribution in [3.05, 3.63) is 59.9 Å². The Labute approximate surface area is 159 Å². The molecule has 3 rings (SSSR count). The lowest BCUT2D eigenvalue weighted by atomic mass is 10.1. The van der Waals surface area contributed by atoms with Gasteiger partial charge in [0.2, 0.25) is 0 Å². The normalized spacial score (nSPS) is 15.6. The number of carbonyl (C=O) groups is 1. The number of sulfone groups is 1. The zero-order valence-electron chi connectivity index (χ0n) is 14.5. The first-order chi connectivity index (χ1) is 13.1. The van der Waals surface area contributed by atoms with E-state index >= 15 is 0 Å². The van der Waals surface area contributed by atoms with Crippen molar-refractivity contribution in [2.75, 3.05) is 31.1 Å². The van der Waals surface area contributed by atoms with Crippen molar-refractivity contribution in [2.24, 2.45) is 0 Å². The number of rotatable bonds is 3. The van der Waals surface area contributed by atoms with Gasteiger partial charge in [-0.25, -0.2) is 12.8 Å². The molecule has 150 valence electrons. The van der Waals surface area contributed by atoms with Crippen LogP contribution in [-0.4, -0.2) is 50.9 Å². The van der Waals surface area contributed by atoms with Crippen molar-refractivity contribution < 1.29 is 30.8 Å². The van der Waals surface area contributed by atoms with E-state index in [4.69, 9.17) is 0 Å². The van der Waals surface area contributed by atoms with Crippen LogP contribution >= 0.6 is 0 Å². The van der Waals surface area contributed by atoms with E-state index in [-0.39, 0.29) is 37.8 Å². The van der Waals surface area contributed by atoms with Gasteiger partial charge in [-0.1, -0.05) is 12.1 Å². The van der Waals surface area contributed by atoms with Crippen molar-refractivity contribution in [3.63, 3.8) is 0 Å². The summed E-state index contributed by atoms with van der Waals surface area (Å²) in [6, 6.07) is 9.98. The molecule has 0 unspecified atom stereocenters. The van der Waals surface area contributed by atoms with Gasteiger partial charge in [-0.05, 0) is 36.4 Å². The van der Waals surface area contributed by atoms with E-state index in [0.29, 0.717) is 5.56 Å². The van der Waals surface area contributed by atoms with Gasteiger partial charge in [-0.2, -0.15) is 13.2 Å². The number of hydrogen-bond acceptors (Lipinski definition) is 4. The summed E-state index contributed by atoms with van der Waals surface area (Å²) >= 11 is 0. The molecule has 0 atom stereocenters. The van der Waals surface area contributed by atoms with Gasteiger partial charge < -0.3 is 9.80 Å². The third kappa shape index (κ3) is 3.82. The minimum atomic E-state index is -5.49. The predicted molar refractivity (Wildman–Crippen MR) is 94.2 cm³/mol. The van der Waals surface area contributed by atoms with Crippen LogP contribution in [-0.2, 0) is 9.84 Å². The number of alkyl halides is 3. The Balaban J connectivity index is 1.78. The smallest absolute Gasteiger partial charge is 0.367 e. The van der Waals surface area contributed by atoms with Gasteiger partial charge in [0.05, 0.1) is 10.6 Å². The Kier molecular flexibility index (Phi) is 5.33. The first-order valence-corrected chi connectivity index (χ1v) is 9.80. The summed E-state index contributed by atoms with van der Waals surface area (Å²) in [4.78, 5) is 14.6. The minimum absolute atomic E-state index is 0.0475. The molecule has 1 fully saturated rings. The molecular formula is C18H16F4N2O3S. The lowest BCUT2D eigenvalue weighted by Gasteiger charge is -2.37. The largest absolute Gasteiger partial charge is 0.501 e. The molecule has 0 aromatic heterocycles. The van der Waals surface area contributed by atoms with Crippen LogP contribution in [0.15, 0.2) is 53.4 Å². The van der Waals surface area contributed by atoms with E-state index in [9.17, 15) is 30.8 Å². The van der Waals surface area contributed by atoms with E-state index in [2.05, 4.69) is 0 Å². The van der Waals surface area contributed by atoms with Crippen LogP contribution in [0, 0.1) is 5.82 Å². The molecule has 28 heavy (non-hydrogen) atoms. The summed E-state index contributed by atoms with van der Waals surface area (Å²) in [5, 5.41) is 0. The van der Waals surface area contributed by atoms with Crippen LogP contribution in [0.2, 0.25) is 0 Å². The summed E-state index contributed by atoms with van der Waals surface area (Å²) in [7, 11) is -5.49. The van der Waals surface area contributed by atoms with Gasteiger partial charge in [-0.3, -0.25) is 4.79 Å². The fourth-order valence-corrected chi connectivity index (χ4v) is 3.98. The van der Waals surface area contributed by atoms with Gasteiger partial charge in [0, 0.05) is 31.7 Å². The number of amides is 1. The molecule has 5 nitrogen and oxygen atoms in total. The highest BCUT2D eigenvalue weighted by Gasteiger charge is 2.48. The number of hydrogen-bond donors (Lipinski definition) is 0. The van der Waals surface area contributed by atoms with Gasteiger partial charge in [0.15, 0.2) is 0 Å². The maximum absolute atomic E-state index is 13.0. The molecule has 0 bridgehead atoms.